The minimum atomic E-state index is -0.665. The first-order valence-electron chi connectivity index (χ1n) is 6.86. The quantitative estimate of drug-likeness (QED) is 0.799. The number of amides is 1. The zero-order valence-electron chi connectivity index (χ0n) is 11.6. The second-order valence-corrected chi connectivity index (χ2v) is 6.18. The lowest BCUT2D eigenvalue weighted by atomic mass is 10.1. The van der Waals surface area contributed by atoms with E-state index in [0.29, 0.717) is 18.1 Å². The van der Waals surface area contributed by atoms with E-state index < -0.39 is 6.10 Å². The summed E-state index contributed by atoms with van der Waals surface area (Å²) in [6.07, 6.45) is 1.80. The molecule has 0 radical (unpaired) electrons. The zero-order valence-corrected chi connectivity index (χ0v) is 13.1. The van der Waals surface area contributed by atoms with Crippen LogP contribution >= 0.6 is 15.9 Å². The van der Waals surface area contributed by atoms with Gasteiger partial charge in [-0.15, -0.1) is 0 Å². The Bertz CT molecular complexity index is 474. The normalized spacial score (nSPS) is 15.9. The number of aliphatic hydroxyl groups is 1. The molecule has 0 bridgehead atoms. The van der Waals surface area contributed by atoms with Crippen LogP contribution in [0.3, 0.4) is 0 Å². The second kappa shape index (κ2) is 7.20. The largest absolute Gasteiger partial charge is 0.389 e. The number of aliphatic hydroxyl groups excluding tert-OH is 1. The third-order valence-corrected chi connectivity index (χ3v) is 3.88. The summed E-state index contributed by atoms with van der Waals surface area (Å²) in [6, 6.07) is 5.55. The molecule has 1 saturated carbocycles. The Morgan fingerprint density at radius 3 is 2.95 bits per heavy atom. The highest BCUT2D eigenvalue weighted by atomic mass is 79.9. The maximum atomic E-state index is 12.0. The smallest absolute Gasteiger partial charge is 0.252 e. The van der Waals surface area contributed by atoms with Gasteiger partial charge in [0.2, 0.25) is 0 Å². The van der Waals surface area contributed by atoms with Crippen LogP contribution in [0.25, 0.3) is 0 Å². The van der Waals surface area contributed by atoms with Gasteiger partial charge in [0.1, 0.15) is 0 Å². The van der Waals surface area contributed by atoms with Gasteiger partial charge in [-0.05, 0) is 59.3 Å². The monoisotopic (exact) mass is 341 g/mol. The number of carbonyl (C=O) groups excluding carboxylic acids is 1. The van der Waals surface area contributed by atoms with Gasteiger partial charge in [0, 0.05) is 17.6 Å². The van der Waals surface area contributed by atoms with Gasteiger partial charge < -0.3 is 15.2 Å². The minimum Gasteiger partial charge on any atom is -0.389 e. The summed E-state index contributed by atoms with van der Waals surface area (Å²) in [4.78, 5) is 12.0. The molecular weight excluding hydrogens is 322 g/mol. The van der Waals surface area contributed by atoms with Crippen molar-refractivity contribution < 1.29 is 14.6 Å². The number of carbonyl (C=O) groups is 1. The van der Waals surface area contributed by atoms with E-state index in [0.717, 1.165) is 10.0 Å². The van der Waals surface area contributed by atoms with Crippen LogP contribution in [0.2, 0.25) is 0 Å². The van der Waals surface area contributed by atoms with Crippen molar-refractivity contribution in [3.8, 4) is 0 Å². The molecular formula is C15H20BrNO3. The van der Waals surface area contributed by atoms with Crippen molar-refractivity contribution in [1.29, 1.82) is 0 Å². The number of aryl methyl sites for hydroxylation is 1. The Morgan fingerprint density at radius 2 is 2.30 bits per heavy atom. The molecule has 1 atom stereocenters. The first kappa shape index (κ1) is 15.5. The molecule has 5 heteroatoms. The topological polar surface area (TPSA) is 58.6 Å². The molecule has 1 aliphatic rings. The Morgan fingerprint density at radius 1 is 1.55 bits per heavy atom. The first-order valence-corrected chi connectivity index (χ1v) is 7.65. The van der Waals surface area contributed by atoms with E-state index >= 15 is 0 Å². The third-order valence-electron chi connectivity index (χ3n) is 3.23. The van der Waals surface area contributed by atoms with E-state index in [1.807, 2.05) is 19.1 Å². The molecule has 0 aliphatic heterocycles. The van der Waals surface area contributed by atoms with Crippen molar-refractivity contribution in [2.45, 2.75) is 25.9 Å². The molecule has 1 aromatic rings. The summed E-state index contributed by atoms with van der Waals surface area (Å²) < 4.78 is 6.15. The van der Waals surface area contributed by atoms with Crippen molar-refractivity contribution in [3.05, 3.63) is 33.8 Å². The van der Waals surface area contributed by atoms with Gasteiger partial charge in [-0.3, -0.25) is 4.79 Å². The maximum absolute atomic E-state index is 12.0. The fraction of sp³-hybridized carbons (Fsp3) is 0.533. The molecule has 110 valence electrons. The first-order chi connectivity index (χ1) is 9.56. The van der Waals surface area contributed by atoms with Crippen LogP contribution in [0, 0.1) is 12.8 Å². The summed E-state index contributed by atoms with van der Waals surface area (Å²) in [5.41, 5.74) is 1.66. The molecule has 1 amide bonds. The Balaban J connectivity index is 1.72. The number of hydrogen-bond donors (Lipinski definition) is 2. The van der Waals surface area contributed by atoms with E-state index in [4.69, 9.17) is 4.74 Å². The van der Waals surface area contributed by atoms with Crippen LogP contribution in [0.15, 0.2) is 22.7 Å². The molecule has 1 unspecified atom stereocenters. The molecule has 1 fully saturated rings. The summed E-state index contributed by atoms with van der Waals surface area (Å²) in [7, 11) is 0. The Kier molecular flexibility index (Phi) is 5.57. The van der Waals surface area contributed by atoms with Crippen LogP contribution < -0.4 is 5.32 Å². The molecule has 20 heavy (non-hydrogen) atoms. The van der Waals surface area contributed by atoms with E-state index in [-0.39, 0.29) is 19.1 Å². The van der Waals surface area contributed by atoms with Gasteiger partial charge in [-0.1, -0.05) is 6.07 Å². The van der Waals surface area contributed by atoms with E-state index in [1.165, 1.54) is 12.8 Å². The summed E-state index contributed by atoms with van der Waals surface area (Å²) in [6.45, 7) is 3.15. The Hall–Kier alpha value is -0.910. The van der Waals surface area contributed by atoms with Crippen molar-refractivity contribution >= 4 is 21.8 Å². The molecule has 0 saturated heterocycles. The highest BCUT2D eigenvalue weighted by molar-refractivity contribution is 9.10. The fourth-order valence-electron chi connectivity index (χ4n) is 1.82. The highest BCUT2D eigenvalue weighted by Crippen LogP contribution is 2.28. The maximum Gasteiger partial charge on any atom is 0.252 e. The summed E-state index contributed by atoms with van der Waals surface area (Å²) in [5, 5.41) is 12.5. The lowest BCUT2D eigenvalue weighted by Gasteiger charge is -2.13. The number of rotatable bonds is 7. The number of nitrogens with one attached hydrogen (secondary N) is 1. The predicted molar refractivity (Wildman–Crippen MR) is 80.8 cm³/mol. The van der Waals surface area contributed by atoms with Crippen molar-refractivity contribution in [3.63, 3.8) is 0 Å². The number of ether oxygens (including phenoxy) is 1. The van der Waals surface area contributed by atoms with Gasteiger partial charge in [0.25, 0.3) is 5.91 Å². The van der Waals surface area contributed by atoms with E-state index in [1.54, 1.807) is 6.07 Å². The van der Waals surface area contributed by atoms with Crippen LogP contribution in [0.5, 0.6) is 0 Å². The SMILES string of the molecule is Cc1ccc(C(=O)NCC(O)COCC2CC2)c(Br)c1. The summed E-state index contributed by atoms with van der Waals surface area (Å²) >= 11 is 3.37. The lowest BCUT2D eigenvalue weighted by molar-refractivity contribution is 0.0320. The number of hydrogen-bond acceptors (Lipinski definition) is 3. The minimum absolute atomic E-state index is 0.196. The van der Waals surface area contributed by atoms with Gasteiger partial charge in [-0.2, -0.15) is 0 Å². The number of halogens is 1. The van der Waals surface area contributed by atoms with Gasteiger partial charge in [0.05, 0.1) is 18.3 Å². The number of benzene rings is 1. The standard InChI is InChI=1S/C15H20BrNO3/c1-10-2-5-13(14(16)6-10)15(19)17-7-12(18)9-20-8-11-3-4-11/h2,5-6,11-12,18H,3-4,7-9H2,1H3,(H,17,19). The highest BCUT2D eigenvalue weighted by Gasteiger charge is 2.21. The molecule has 0 spiro atoms. The fourth-order valence-corrected chi connectivity index (χ4v) is 2.50. The third kappa shape index (κ3) is 4.89. The lowest BCUT2D eigenvalue weighted by Crippen LogP contribution is -2.34. The molecule has 2 rings (SSSR count). The van der Waals surface area contributed by atoms with Gasteiger partial charge in [0.15, 0.2) is 0 Å². The van der Waals surface area contributed by atoms with Gasteiger partial charge in [-0.25, -0.2) is 0 Å². The van der Waals surface area contributed by atoms with Crippen LogP contribution in [0.1, 0.15) is 28.8 Å². The average Bonchev–Trinajstić information content (AvgIpc) is 3.20. The molecule has 1 aliphatic carbocycles. The molecule has 2 N–H and O–H groups in total. The van der Waals surface area contributed by atoms with Crippen LogP contribution in [0.4, 0.5) is 0 Å². The van der Waals surface area contributed by atoms with Crippen LogP contribution in [-0.4, -0.2) is 36.9 Å². The average molecular weight is 342 g/mol. The van der Waals surface area contributed by atoms with E-state index in [9.17, 15) is 9.90 Å². The molecule has 0 heterocycles. The van der Waals surface area contributed by atoms with Gasteiger partial charge >= 0.3 is 0 Å². The predicted octanol–water partition coefficient (Wildman–Crippen LogP) is 2.27. The summed E-state index contributed by atoms with van der Waals surface area (Å²) in [5.74, 6) is 0.485. The second-order valence-electron chi connectivity index (χ2n) is 5.33. The zero-order chi connectivity index (χ0) is 14.5. The van der Waals surface area contributed by atoms with E-state index in [2.05, 4.69) is 21.2 Å². The van der Waals surface area contributed by atoms with Crippen molar-refractivity contribution in [1.82, 2.24) is 5.32 Å². The van der Waals surface area contributed by atoms with Crippen molar-refractivity contribution in [2.75, 3.05) is 19.8 Å². The Labute approximate surface area is 127 Å². The molecule has 4 nitrogen and oxygen atoms in total. The van der Waals surface area contributed by atoms with Crippen LogP contribution in [-0.2, 0) is 4.74 Å². The molecule has 1 aromatic carbocycles. The molecule has 0 aromatic heterocycles. The van der Waals surface area contributed by atoms with Crippen molar-refractivity contribution in [2.24, 2.45) is 5.92 Å².